The zero-order valence-electron chi connectivity index (χ0n) is 16.5. The summed E-state index contributed by atoms with van der Waals surface area (Å²) < 4.78 is 0. The number of nitrogens with zero attached hydrogens (tertiary/aromatic N) is 5. The molecule has 3 heterocycles. The second-order valence-corrected chi connectivity index (χ2v) is 7.29. The summed E-state index contributed by atoms with van der Waals surface area (Å²) in [6.07, 6.45) is 4.59. The molecule has 1 aliphatic heterocycles. The normalized spacial score (nSPS) is 15.5. The van der Waals surface area contributed by atoms with Crippen LogP contribution in [-0.4, -0.2) is 67.6 Å². The molecule has 1 fully saturated rings. The summed E-state index contributed by atoms with van der Waals surface area (Å²) in [5.41, 5.74) is 2.26. The number of rotatable bonds is 6. The predicted molar refractivity (Wildman–Crippen MR) is 115 cm³/mol. The number of guanidine groups is 1. The lowest BCUT2D eigenvalue weighted by Crippen LogP contribution is -2.44. The molecule has 7 nitrogen and oxygen atoms in total. The zero-order valence-corrected chi connectivity index (χ0v) is 17.3. The highest BCUT2D eigenvalue weighted by molar-refractivity contribution is 6.29. The largest absolute Gasteiger partial charge is 0.356 e. The molecule has 3 rings (SSSR count). The Balaban J connectivity index is 1.42. The molecule has 2 N–H and O–H groups in total. The lowest BCUT2D eigenvalue weighted by atomic mass is 10.2. The first-order chi connectivity index (χ1) is 13.6. The van der Waals surface area contributed by atoms with E-state index in [4.69, 9.17) is 11.6 Å². The van der Waals surface area contributed by atoms with Gasteiger partial charge in [0.15, 0.2) is 5.96 Å². The third-order valence-electron chi connectivity index (χ3n) is 4.81. The SMILES string of the molecule is CN=C(NCCc1ccc(Cl)nc1)NCc1ccc(N2CCN(C)CC2)nc1. The van der Waals surface area contributed by atoms with Crippen molar-refractivity contribution in [2.24, 2.45) is 4.99 Å². The van der Waals surface area contributed by atoms with Gasteiger partial charge < -0.3 is 20.4 Å². The average molecular weight is 402 g/mol. The summed E-state index contributed by atoms with van der Waals surface area (Å²) in [4.78, 5) is 17.7. The van der Waals surface area contributed by atoms with Crippen LogP contribution in [0.3, 0.4) is 0 Å². The minimum Gasteiger partial charge on any atom is -0.356 e. The van der Waals surface area contributed by atoms with Gasteiger partial charge in [0.05, 0.1) is 0 Å². The van der Waals surface area contributed by atoms with Crippen LogP contribution in [0.25, 0.3) is 0 Å². The second kappa shape index (κ2) is 10.2. The van der Waals surface area contributed by atoms with Crippen LogP contribution in [0, 0.1) is 0 Å². The van der Waals surface area contributed by atoms with Gasteiger partial charge in [-0.2, -0.15) is 0 Å². The van der Waals surface area contributed by atoms with E-state index in [2.05, 4.69) is 54.6 Å². The highest BCUT2D eigenvalue weighted by Crippen LogP contribution is 2.13. The number of piperazine rings is 1. The van der Waals surface area contributed by atoms with Gasteiger partial charge in [-0.1, -0.05) is 23.7 Å². The Hall–Kier alpha value is -2.38. The number of likely N-dealkylation sites (N-methyl/N-ethyl adjacent to an activating group) is 1. The molecule has 0 aliphatic carbocycles. The van der Waals surface area contributed by atoms with E-state index in [1.54, 1.807) is 13.2 Å². The number of nitrogens with one attached hydrogen (secondary N) is 2. The van der Waals surface area contributed by atoms with Crippen molar-refractivity contribution in [2.75, 3.05) is 51.7 Å². The van der Waals surface area contributed by atoms with Crippen LogP contribution < -0.4 is 15.5 Å². The van der Waals surface area contributed by atoms with E-state index in [1.807, 2.05) is 18.3 Å². The molecular weight excluding hydrogens is 374 g/mol. The lowest BCUT2D eigenvalue weighted by molar-refractivity contribution is 0.312. The van der Waals surface area contributed by atoms with Gasteiger partial charge in [-0.05, 0) is 36.7 Å². The fraction of sp³-hybridized carbons (Fsp3) is 0.450. The summed E-state index contributed by atoms with van der Waals surface area (Å²) in [5, 5.41) is 7.16. The van der Waals surface area contributed by atoms with Crippen molar-refractivity contribution in [3.8, 4) is 0 Å². The number of hydrogen-bond donors (Lipinski definition) is 2. The summed E-state index contributed by atoms with van der Waals surface area (Å²) in [7, 11) is 3.93. The minimum atomic E-state index is 0.515. The van der Waals surface area contributed by atoms with Crippen molar-refractivity contribution in [1.29, 1.82) is 0 Å². The Bertz CT molecular complexity index is 753. The van der Waals surface area contributed by atoms with Crippen LogP contribution >= 0.6 is 11.6 Å². The zero-order chi connectivity index (χ0) is 19.8. The maximum atomic E-state index is 5.81. The van der Waals surface area contributed by atoms with E-state index in [0.29, 0.717) is 11.7 Å². The topological polar surface area (TPSA) is 68.7 Å². The van der Waals surface area contributed by atoms with E-state index >= 15 is 0 Å². The fourth-order valence-electron chi connectivity index (χ4n) is 3.03. The van der Waals surface area contributed by atoms with E-state index in [1.165, 1.54) is 0 Å². The molecule has 1 aliphatic rings. The van der Waals surface area contributed by atoms with Crippen molar-refractivity contribution in [2.45, 2.75) is 13.0 Å². The van der Waals surface area contributed by atoms with Crippen molar-refractivity contribution in [1.82, 2.24) is 25.5 Å². The second-order valence-electron chi connectivity index (χ2n) is 6.91. The molecule has 0 radical (unpaired) electrons. The van der Waals surface area contributed by atoms with Gasteiger partial charge in [0, 0.05) is 58.7 Å². The average Bonchev–Trinajstić information content (AvgIpc) is 2.73. The Morgan fingerprint density at radius 2 is 1.79 bits per heavy atom. The Labute approximate surface area is 171 Å². The van der Waals surface area contributed by atoms with Gasteiger partial charge in [-0.25, -0.2) is 9.97 Å². The number of aromatic nitrogens is 2. The summed E-state index contributed by atoms with van der Waals surface area (Å²) in [6.45, 7) is 5.67. The molecule has 0 amide bonds. The van der Waals surface area contributed by atoms with Gasteiger partial charge in [-0.15, -0.1) is 0 Å². The molecule has 0 spiro atoms. The maximum absolute atomic E-state index is 5.81. The van der Waals surface area contributed by atoms with Crippen LogP contribution in [0.2, 0.25) is 5.15 Å². The van der Waals surface area contributed by atoms with Crippen LogP contribution in [0.1, 0.15) is 11.1 Å². The number of aliphatic imine (C=N–C) groups is 1. The molecule has 150 valence electrons. The molecule has 0 bridgehead atoms. The number of pyridine rings is 2. The standard InChI is InChI=1S/C20H28ClN7/c1-22-20(23-8-7-16-3-5-18(21)24-13-16)26-15-17-4-6-19(25-14-17)28-11-9-27(2)10-12-28/h3-6,13-14H,7-12,15H2,1-2H3,(H2,22,23,26). The van der Waals surface area contributed by atoms with Crippen LogP contribution in [0.5, 0.6) is 0 Å². The first-order valence-electron chi connectivity index (χ1n) is 9.57. The molecule has 28 heavy (non-hydrogen) atoms. The van der Waals surface area contributed by atoms with Gasteiger partial charge in [0.25, 0.3) is 0 Å². The van der Waals surface area contributed by atoms with Crippen molar-refractivity contribution in [3.05, 3.63) is 52.9 Å². The number of halogens is 1. The van der Waals surface area contributed by atoms with Crippen LogP contribution in [-0.2, 0) is 13.0 Å². The molecule has 0 atom stereocenters. The Morgan fingerprint density at radius 3 is 2.43 bits per heavy atom. The third-order valence-corrected chi connectivity index (χ3v) is 5.04. The van der Waals surface area contributed by atoms with Gasteiger partial charge in [-0.3, -0.25) is 4.99 Å². The first-order valence-corrected chi connectivity index (χ1v) is 9.95. The van der Waals surface area contributed by atoms with Crippen molar-refractivity contribution >= 4 is 23.4 Å². The quantitative estimate of drug-likeness (QED) is 0.437. The van der Waals surface area contributed by atoms with Gasteiger partial charge in [0.2, 0.25) is 0 Å². The lowest BCUT2D eigenvalue weighted by Gasteiger charge is -2.33. The van der Waals surface area contributed by atoms with E-state index in [0.717, 1.165) is 62.0 Å². The first kappa shape index (κ1) is 20.4. The molecule has 2 aromatic heterocycles. The summed E-state index contributed by atoms with van der Waals surface area (Å²) >= 11 is 5.81. The molecular formula is C20H28ClN7. The minimum absolute atomic E-state index is 0.515. The van der Waals surface area contributed by atoms with Crippen LogP contribution in [0.15, 0.2) is 41.7 Å². The maximum Gasteiger partial charge on any atom is 0.191 e. The highest BCUT2D eigenvalue weighted by Gasteiger charge is 2.14. The van der Waals surface area contributed by atoms with Crippen LogP contribution in [0.4, 0.5) is 5.82 Å². The smallest absolute Gasteiger partial charge is 0.191 e. The van der Waals surface area contributed by atoms with Gasteiger partial charge >= 0.3 is 0 Å². The third kappa shape index (κ3) is 6.07. The summed E-state index contributed by atoms with van der Waals surface area (Å²) in [5.74, 6) is 1.82. The molecule has 0 aromatic carbocycles. The molecule has 0 saturated carbocycles. The molecule has 1 saturated heterocycles. The fourth-order valence-corrected chi connectivity index (χ4v) is 3.14. The molecule has 2 aromatic rings. The Kier molecular flexibility index (Phi) is 7.45. The summed E-state index contributed by atoms with van der Waals surface area (Å²) in [6, 6.07) is 8.02. The molecule has 0 unspecified atom stereocenters. The van der Waals surface area contributed by atoms with E-state index in [9.17, 15) is 0 Å². The van der Waals surface area contributed by atoms with Gasteiger partial charge in [0.1, 0.15) is 11.0 Å². The Morgan fingerprint density at radius 1 is 1.04 bits per heavy atom. The van der Waals surface area contributed by atoms with Crippen molar-refractivity contribution < 1.29 is 0 Å². The van der Waals surface area contributed by atoms with E-state index in [-0.39, 0.29) is 0 Å². The highest BCUT2D eigenvalue weighted by atomic mass is 35.5. The number of hydrogen-bond acceptors (Lipinski definition) is 5. The predicted octanol–water partition coefficient (Wildman–Crippen LogP) is 1.79. The number of anilines is 1. The monoisotopic (exact) mass is 401 g/mol. The van der Waals surface area contributed by atoms with Crippen molar-refractivity contribution in [3.63, 3.8) is 0 Å². The molecule has 8 heteroatoms. The van der Waals surface area contributed by atoms with E-state index < -0.39 is 0 Å².